The summed E-state index contributed by atoms with van der Waals surface area (Å²) < 4.78 is 39.6. The molecular weight excluding hydrogens is 468 g/mol. The summed E-state index contributed by atoms with van der Waals surface area (Å²) in [6.07, 6.45) is 0. The van der Waals surface area contributed by atoms with Crippen molar-refractivity contribution in [1.82, 2.24) is 9.97 Å². The second-order valence-electron chi connectivity index (χ2n) is 7.56. The molecule has 0 aliphatic carbocycles. The first-order valence-electron chi connectivity index (χ1n) is 10.5. The van der Waals surface area contributed by atoms with Crippen molar-refractivity contribution in [3.8, 4) is 17.1 Å². The first-order chi connectivity index (χ1) is 16.2. The van der Waals surface area contributed by atoms with Crippen LogP contribution in [0.5, 0.6) is 6.01 Å². The molecule has 1 aromatic heterocycles. The number of halogens is 3. The Labute approximate surface area is 199 Å². The van der Waals surface area contributed by atoms with Gasteiger partial charge < -0.3 is 14.4 Å². The van der Waals surface area contributed by atoms with Crippen LogP contribution in [-0.2, 0) is 4.74 Å². The minimum Gasteiger partial charge on any atom is -0.462 e. The van der Waals surface area contributed by atoms with E-state index < -0.39 is 5.82 Å². The van der Waals surface area contributed by atoms with Crippen molar-refractivity contribution in [2.45, 2.75) is 0 Å². The summed E-state index contributed by atoms with van der Waals surface area (Å²) in [5, 5.41) is 2.64. The number of benzene rings is 3. The van der Waals surface area contributed by atoms with Crippen molar-refractivity contribution in [1.29, 1.82) is 0 Å². The topological polar surface area (TPSA) is 47.5 Å². The van der Waals surface area contributed by atoms with E-state index in [0.717, 1.165) is 10.8 Å². The fraction of sp³-hybridized carbons (Fsp3) is 0.250. The van der Waals surface area contributed by atoms with Crippen LogP contribution in [0.25, 0.3) is 32.8 Å². The van der Waals surface area contributed by atoms with Crippen LogP contribution in [0.4, 0.5) is 14.1 Å². The van der Waals surface area contributed by atoms with Gasteiger partial charge in [0.05, 0.1) is 24.0 Å². The molecule has 0 N–H and O–H groups in total. The van der Waals surface area contributed by atoms with Gasteiger partial charge >= 0.3 is 6.01 Å². The predicted molar refractivity (Wildman–Crippen MR) is 130 cm³/mol. The Bertz CT molecular complexity index is 1310. The number of aromatic nitrogens is 2. The SMILES string of the molecule is FSCCOc1nc(N2CCOCC2)c2cc(Cl)c(-c3cccc4ccccc34)c(F)c2n1. The van der Waals surface area contributed by atoms with Crippen molar-refractivity contribution in [3.05, 3.63) is 59.4 Å². The third-order valence-corrected chi connectivity index (χ3v) is 6.22. The molecule has 0 saturated carbocycles. The van der Waals surface area contributed by atoms with E-state index in [1.54, 1.807) is 6.07 Å². The number of fused-ring (bicyclic) bond motifs is 2. The molecule has 0 amide bonds. The molecule has 1 aliphatic heterocycles. The molecule has 5 nitrogen and oxygen atoms in total. The first-order valence-corrected chi connectivity index (χ1v) is 11.8. The summed E-state index contributed by atoms with van der Waals surface area (Å²) in [4.78, 5) is 10.9. The van der Waals surface area contributed by atoms with Gasteiger partial charge in [-0.3, -0.25) is 0 Å². The first kappa shape index (κ1) is 22.1. The molecule has 1 saturated heterocycles. The summed E-state index contributed by atoms with van der Waals surface area (Å²) >= 11 is 6.85. The van der Waals surface area contributed by atoms with Crippen molar-refractivity contribution < 1.29 is 17.7 Å². The van der Waals surface area contributed by atoms with Gasteiger partial charge in [0.2, 0.25) is 0 Å². The van der Waals surface area contributed by atoms with Crippen LogP contribution in [0.2, 0.25) is 5.02 Å². The minimum atomic E-state index is -0.546. The van der Waals surface area contributed by atoms with E-state index in [2.05, 4.69) is 9.97 Å². The zero-order valence-electron chi connectivity index (χ0n) is 17.6. The lowest BCUT2D eigenvalue weighted by Gasteiger charge is -2.29. The van der Waals surface area contributed by atoms with Gasteiger partial charge in [-0.05, 0) is 22.4 Å². The Morgan fingerprint density at radius 1 is 1.06 bits per heavy atom. The van der Waals surface area contributed by atoms with Crippen LogP contribution in [0.15, 0.2) is 48.5 Å². The number of morpholine rings is 1. The van der Waals surface area contributed by atoms with Crippen LogP contribution in [0, 0.1) is 5.82 Å². The highest BCUT2D eigenvalue weighted by Crippen LogP contribution is 2.41. The monoisotopic (exact) mass is 487 g/mol. The van der Waals surface area contributed by atoms with E-state index in [0.29, 0.717) is 43.1 Å². The molecule has 0 spiro atoms. The largest absolute Gasteiger partial charge is 0.462 e. The third-order valence-electron chi connectivity index (χ3n) is 5.60. The molecule has 170 valence electrons. The zero-order valence-corrected chi connectivity index (χ0v) is 19.1. The van der Waals surface area contributed by atoms with Crippen LogP contribution in [-0.4, -0.2) is 48.6 Å². The maximum Gasteiger partial charge on any atom is 0.319 e. The Morgan fingerprint density at radius 2 is 1.85 bits per heavy atom. The van der Waals surface area contributed by atoms with Crippen molar-refractivity contribution in [2.75, 3.05) is 43.6 Å². The van der Waals surface area contributed by atoms with Crippen LogP contribution in [0.3, 0.4) is 0 Å². The van der Waals surface area contributed by atoms with Gasteiger partial charge in [-0.2, -0.15) is 13.9 Å². The van der Waals surface area contributed by atoms with E-state index in [-0.39, 0.29) is 46.6 Å². The molecule has 1 fully saturated rings. The average Bonchev–Trinajstić information content (AvgIpc) is 2.85. The number of hydrogen-bond acceptors (Lipinski definition) is 6. The maximum atomic E-state index is 16.1. The zero-order chi connectivity index (χ0) is 22.8. The number of nitrogens with zero attached hydrogens (tertiary/aromatic N) is 3. The molecule has 9 heteroatoms. The number of rotatable bonds is 6. The average molecular weight is 488 g/mol. The summed E-state index contributed by atoms with van der Waals surface area (Å²) in [5.74, 6) is 0.102. The molecule has 2 heterocycles. The fourth-order valence-corrected chi connectivity index (χ4v) is 4.54. The second kappa shape index (κ2) is 9.67. The molecule has 1 aliphatic rings. The van der Waals surface area contributed by atoms with Gasteiger partial charge in [0.25, 0.3) is 0 Å². The van der Waals surface area contributed by atoms with Crippen molar-refractivity contribution in [3.63, 3.8) is 0 Å². The molecular formula is C24H20ClF2N3O2S. The second-order valence-corrected chi connectivity index (χ2v) is 8.59. The van der Waals surface area contributed by atoms with Gasteiger partial charge in [0.1, 0.15) is 17.9 Å². The highest BCUT2D eigenvalue weighted by atomic mass is 35.5. The summed E-state index contributed by atoms with van der Waals surface area (Å²) in [7, 11) is 0. The summed E-state index contributed by atoms with van der Waals surface area (Å²) in [6.45, 7) is 2.32. The van der Waals surface area contributed by atoms with Crippen LogP contribution >= 0.6 is 23.7 Å². The molecule has 0 unspecified atom stereocenters. The predicted octanol–water partition coefficient (Wildman–Crippen LogP) is 6.08. The van der Waals surface area contributed by atoms with Gasteiger partial charge in [-0.15, -0.1) is 0 Å². The normalized spacial score (nSPS) is 14.2. The summed E-state index contributed by atoms with van der Waals surface area (Å²) in [6, 6.07) is 15.2. The highest BCUT2D eigenvalue weighted by Gasteiger charge is 2.24. The standard InChI is InChI=1S/C24H20ClF2N3O2S/c25-19-14-18-22(21(26)20(19)17-7-3-5-15-4-1-2-6-16(15)17)28-24(32-12-13-33-27)29-23(18)30-8-10-31-11-9-30/h1-7,14H,8-13H2. The lowest BCUT2D eigenvalue weighted by Crippen LogP contribution is -2.37. The minimum absolute atomic E-state index is 0.00290. The van der Waals surface area contributed by atoms with Crippen LogP contribution in [0.1, 0.15) is 0 Å². The molecule has 4 aromatic rings. The fourth-order valence-electron chi connectivity index (χ4n) is 4.10. The van der Waals surface area contributed by atoms with E-state index >= 15 is 4.39 Å². The molecule has 0 atom stereocenters. The van der Waals surface area contributed by atoms with Gasteiger partial charge in [-0.1, -0.05) is 54.1 Å². The number of ether oxygens (including phenoxy) is 2. The number of hydrogen-bond donors (Lipinski definition) is 0. The van der Waals surface area contributed by atoms with Gasteiger partial charge in [-0.25, -0.2) is 4.39 Å². The molecule has 33 heavy (non-hydrogen) atoms. The number of anilines is 1. The van der Waals surface area contributed by atoms with Crippen molar-refractivity contribution in [2.24, 2.45) is 0 Å². The lowest BCUT2D eigenvalue weighted by molar-refractivity contribution is 0.122. The highest BCUT2D eigenvalue weighted by molar-refractivity contribution is 7.94. The Balaban J connectivity index is 1.72. The van der Waals surface area contributed by atoms with E-state index in [4.69, 9.17) is 21.1 Å². The van der Waals surface area contributed by atoms with E-state index in [9.17, 15) is 3.89 Å². The molecule has 0 radical (unpaired) electrons. The molecule has 3 aromatic carbocycles. The third kappa shape index (κ3) is 4.30. The molecule has 0 bridgehead atoms. The Hall–Kier alpha value is -2.68. The Morgan fingerprint density at radius 3 is 2.67 bits per heavy atom. The smallest absolute Gasteiger partial charge is 0.319 e. The van der Waals surface area contributed by atoms with Crippen molar-refractivity contribution >= 4 is 51.2 Å². The maximum absolute atomic E-state index is 16.1. The quantitative estimate of drug-likeness (QED) is 0.307. The summed E-state index contributed by atoms with van der Waals surface area (Å²) in [5.41, 5.74) is 1.07. The molecule has 5 rings (SSSR count). The Kier molecular flexibility index (Phi) is 6.48. The van der Waals surface area contributed by atoms with Gasteiger partial charge in [0, 0.05) is 36.2 Å². The van der Waals surface area contributed by atoms with Gasteiger partial charge in [0.15, 0.2) is 5.82 Å². The van der Waals surface area contributed by atoms with E-state index in [1.165, 1.54) is 0 Å². The van der Waals surface area contributed by atoms with E-state index in [1.807, 2.05) is 47.4 Å². The van der Waals surface area contributed by atoms with Crippen LogP contribution < -0.4 is 9.64 Å². The lowest BCUT2D eigenvalue weighted by atomic mass is 9.96.